The molecule has 0 fully saturated rings. The third-order valence-electron chi connectivity index (χ3n) is 4.66. The number of nitrogens with one attached hydrogen (secondary N) is 2. The molecule has 1 heterocycles. The van der Waals surface area contributed by atoms with Crippen LogP contribution in [0.2, 0.25) is 0 Å². The lowest BCUT2D eigenvalue weighted by Gasteiger charge is -2.11. The Hall–Kier alpha value is -3.93. The zero-order valence-corrected chi connectivity index (χ0v) is 17.1. The molecule has 4 N–H and O–H groups in total. The van der Waals surface area contributed by atoms with E-state index in [0.29, 0.717) is 48.8 Å². The summed E-state index contributed by atoms with van der Waals surface area (Å²) in [5, 5.41) is 20.3. The summed E-state index contributed by atoms with van der Waals surface area (Å²) in [7, 11) is 1.67. The molecule has 2 aromatic carbocycles. The predicted octanol–water partition coefficient (Wildman–Crippen LogP) is 2.90. The van der Waals surface area contributed by atoms with Crippen LogP contribution in [0.4, 0.5) is 14.6 Å². The van der Waals surface area contributed by atoms with Gasteiger partial charge in [-0.3, -0.25) is 4.99 Å². The fourth-order valence-corrected chi connectivity index (χ4v) is 3.03. The van der Waals surface area contributed by atoms with E-state index in [0.717, 1.165) is 5.56 Å². The molecule has 7 nitrogen and oxygen atoms in total. The third kappa shape index (κ3) is 5.57. The summed E-state index contributed by atoms with van der Waals surface area (Å²) < 4.78 is 27.6. The van der Waals surface area contributed by atoms with Crippen LogP contribution in [0, 0.1) is 23.0 Å². The largest absolute Gasteiger partial charge is 0.382 e. The Morgan fingerprint density at radius 1 is 1.10 bits per heavy atom. The molecule has 3 aromatic rings. The number of benzene rings is 2. The van der Waals surface area contributed by atoms with E-state index >= 15 is 0 Å². The average Bonchev–Trinajstić information content (AvgIpc) is 3.10. The summed E-state index contributed by atoms with van der Waals surface area (Å²) in [4.78, 5) is 4.16. The highest BCUT2D eigenvalue weighted by atomic mass is 19.1. The van der Waals surface area contributed by atoms with Crippen molar-refractivity contribution in [3.05, 3.63) is 77.0 Å². The van der Waals surface area contributed by atoms with Crippen molar-refractivity contribution in [3.63, 3.8) is 0 Å². The monoisotopic (exact) mass is 423 g/mol. The number of hydrogen-bond acceptors (Lipinski definition) is 4. The minimum Gasteiger partial charge on any atom is -0.382 e. The topological polar surface area (TPSA) is 104 Å². The molecule has 0 saturated heterocycles. The number of guanidine groups is 1. The quantitative estimate of drug-likeness (QED) is 0.308. The maximum atomic E-state index is 13.2. The lowest BCUT2D eigenvalue weighted by molar-refractivity contribution is 0.626. The van der Waals surface area contributed by atoms with Gasteiger partial charge in [0.2, 0.25) is 0 Å². The standard InChI is InChI=1S/C22H23F2N7/c1-27-22(29-14-15-4-6-16(23)7-5-15)28-12-2-3-20-19(13-25)21(26)31(30-20)18-10-8-17(24)9-11-18/h4-11H,2-3,12,14,26H2,1H3,(H2,27,28,29). The summed E-state index contributed by atoms with van der Waals surface area (Å²) in [6.45, 7) is 1.11. The smallest absolute Gasteiger partial charge is 0.191 e. The van der Waals surface area contributed by atoms with Gasteiger partial charge in [-0.2, -0.15) is 10.4 Å². The van der Waals surface area contributed by atoms with Crippen LogP contribution >= 0.6 is 0 Å². The Labute approximate surface area is 179 Å². The average molecular weight is 423 g/mol. The second kappa shape index (κ2) is 10.2. The minimum atomic E-state index is -0.359. The van der Waals surface area contributed by atoms with Gasteiger partial charge >= 0.3 is 0 Å². The van der Waals surface area contributed by atoms with Crippen molar-refractivity contribution in [1.82, 2.24) is 20.4 Å². The van der Waals surface area contributed by atoms with E-state index in [2.05, 4.69) is 26.8 Å². The van der Waals surface area contributed by atoms with E-state index < -0.39 is 0 Å². The Kier molecular flexibility index (Phi) is 7.17. The van der Waals surface area contributed by atoms with E-state index in [4.69, 9.17) is 5.73 Å². The number of hydrogen-bond donors (Lipinski definition) is 3. The second-order valence-corrected chi connectivity index (χ2v) is 6.79. The Morgan fingerprint density at radius 2 is 1.74 bits per heavy atom. The van der Waals surface area contributed by atoms with Gasteiger partial charge in [0.1, 0.15) is 29.1 Å². The van der Waals surface area contributed by atoms with Gasteiger partial charge in [-0.15, -0.1) is 0 Å². The number of anilines is 1. The van der Waals surface area contributed by atoms with Crippen LogP contribution in [-0.2, 0) is 13.0 Å². The summed E-state index contributed by atoms with van der Waals surface area (Å²) in [5.74, 6) is 0.211. The van der Waals surface area contributed by atoms with Crippen molar-refractivity contribution in [1.29, 1.82) is 5.26 Å². The summed E-state index contributed by atoms with van der Waals surface area (Å²) in [6.07, 6.45) is 1.22. The molecule has 9 heteroatoms. The summed E-state index contributed by atoms with van der Waals surface area (Å²) in [6, 6.07) is 14.1. The molecular formula is C22H23F2N7. The van der Waals surface area contributed by atoms with Gasteiger partial charge in [-0.25, -0.2) is 13.5 Å². The van der Waals surface area contributed by atoms with Crippen LogP contribution in [0.15, 0.2) is 53.5 Å². The third-order valence-corrected chi connectivity index (χ3v) is 4.66. The number of nitrogen functional groups attached to an aromatic ring is 1. The first-order valence-corrected chi connectivity index (χ1v) is 9.74. The number of halogens is 2. The lowest BCUT2D eigenvalue weighted by atomic mass is 10.1. The molecule has 0 spiro atoms. The number of nitrogens with zero attached hydrogens (tertiary/aromatic N) is 4. The number of nitriles is 1. The highest BCUT2D eigenvalue weighted by Gasteiger charge is 2.16. The van der Waals surface area contributed by atoms with Crippen LogP contribution in [0.1, 0.15) is 23.2 Å². The van der Waals surface area contributed by atoms with Crippen molar-refractivity contribution >= 4 is 11.8 Å². The van der Waals surface area contributed by atoms with E-state index in [1.807, 2.05) is 0 Å². The molecule has 0 radical (unpaired) electrons. The van der Waals surface area contributed by atoms with Crippen molar-refractivity contribution in [2.75, 3.05) is 19.3 Å². The Bertz CT molecular complexity index is 1080. The van der Waals surface area contributed by atoms with Crippen molar-refractivity contribution in [2.24, 2.45) is 4.99 Å². The van der Waals surface area contributed by atoms with Crippen LogP contribution in [0.3, 0.4) is 0 Å². The van der Waals surface area contributed by atoms with Crippen molar-refractivity contribution in [3.8, 4) is 11.8 Å². The maximum Gasteiger partial charge on any atom is 0.191 e. The number of rotatable bonds is 7. The summed E-state index contributed by atoms with van der Waals surface area (Å²) >= 11 is 0. The molecule has 160 valence electrons. The van der Waals surface area contributed by atoms with Crippen LogP contribution in [-0.4, -0.2) is 29.3 Å². The van der Waals surface area contributed by atoms with Gasteiger partial charge in [-0.05, 0) is 54.8 Å². The molecule has 3 rings (SSSR count). The van der Waals surface area contributed by atoms with Crippen molar-refractivity contribution < 1.29 is 8.78 Å². The zero-order valence-electron chi connectivity index (χ0n) is 17.1. The highest BCUT2D eigenvalue weighted by molar-refractivity contribution is 5.79. The lowest BCUT2D eigenvalue weighted by Crippen LogP contribution is -2.37. The molecule has 0 bridgehead atoms. The van der Waals surface area contributed by atoms with Crippen molar-refractivity contribution in [2.45, 2.75) is 19.4 Å². The van der Waals surface area contributed by atoms with Crippen LogP contribution in [0.5, 0.6) is 0 Å². The molecule has 0 amide bonds. The first kappa shape index (κ1) is 21.8. The van der Waals surface area contributed by atoms with Crippen LogP contribution < -0.4 is 16.4 Å². The van der Waals surface area contributed by atoms with Gasteiger partial charge in [0.05, 0.1) is 11.4 Å². The molecule has 0 saturated carbocycles. The minimum absolute atomic E-state index is 0.230. The van der Waals surface area contributed by atoms with Gasteiger partial charge in [0.25, 0.3) is 0 Å². The molecule has 1 aromatic heterocycles. The Balaban J connectivity index is 1.55. The van der Waals surface area contributed by atoms with Gasteiger partial charge in [-0.1, -0.05) is 12.1 Å². The molecular weight excluding hydrogens is 400 g/mol. The zero-order chi connectivity index (χ0) is 22.2. The van der Waals surface area contributed by atoms with E-state index in [9.17, 15) is 14.0 Å². The number of aliphatic imine (C=N–C) groups is 1. The fourth-order valence-electron chi connectivity index (χ4n) is 3.03. The number of aromatic nitrogens is 2. The summed E-state index contributed by atoms with van der Waals surface area (Å²) in [5.41, 5.74) is 8.51. The fraction of sp³-hybridized carbons (Fsp3) is 0.227. The van der Waals surface area contributed by atoms with Gasteiger partial charge < -0.3 is 16.4 Å². The van der Waals surface area contributed by atoms with E-state index in [1.54, 1.807) is 31.3 Å². The highest BCUT2D eigenvalue weighted by Crippen LogP contribution is 2.21. The second-order valence-electron chi connectivity index (χ2n) is 6.79. The molecule has 31 heavy (non-hydrogen) atoms. The SMILES string of the molecule is CN=C(NCCCc1nn(-c2ccc(F)cc2)c(N)c1C#N)NCc1ccc(F)cc1. The number of nitrogens with two attached hydrogens (primary N) is 1. The number of aryl methyl sites for hydroxylation is 1. The first-order chi connectivity index (χ1) is 15.0. The Morgan fingerprint density at radius 3 is 2.35 bits per heavy atom. The first-order valence-electron chi connectivity index (χ1n) is 9.74. The van der Waals surface area contributed by atoms with E-state index in [1.165, 1.54) is 28.9 Å². The molecule has 0 aliphatic rings. The van der Waals surface area contributed by atoms with Gasteiger partial charge in [0, 0.05) is 20.1 Å². The molecule has 0 aliphatic carbocycles. The predicted molar refractivity (Wildman–Crippen MR) is 116 cm³/mol. The van der Waals surface area contributed by atoms with Crippen LogP contribution in [0.25, 0.3) is 5.69 Å². The normalized spacial score (nSPS) is 11.2. The molecule has 0 atom stereocenters. The van der Waals surface area contributed by atoms with E-state index in [-0.39, 0.29) is 17.5 Å². The molecule has 0 unspecified atom stereocenters. The molecule has 0 aliphatic heterocycles. The van der Waals surface area contributed by atoms with Gasteiger partial charge in [0.15, 0.2) is 5.96 Å². The maximum absolute atomic E-state index is 13.2.